The minimum atomic E-state index is 0.0834. The summed E-state index contributed by atoms with van der Waals surface area (Å²) in [5, 5.41) is 0. The van der Waals surface area contributed by atoms with Crippen LogP contribution in [0.3, 0.4) is 0 Å². The van der Waals surface area contributed by atoms with E-state index < -0.39 is 0 Å². The van der Waals surface area contributed by atoms with Crippen molar-refractivity contribution in [3.05, 3.63) is 28.8 Å². The lowest BCUT2D eigenvalue weighted by Gasteiger charge is -2.29. The van der Waals surface area contributed by atoms with E-state index in [0.717, 1.165) is 5.75 Å². The van der Waals surface area contributed by atoms with E-state index in [-0.39, 0.29) is 16.9 Å². The molecule has 19 heavy (non-hydrogen) atoms. The maximum atomic E-state index is 6.24. The van der Waals surface area contributed by atoms with Crippen LogP contribution in [0.2, 0.25) is 0 Å². The van der Waals surface area contributed by atoms with Crippen molar-refractivity contribution in [2.75, 3.05) is 7.11 Å². The Morgan fingerprint density at radius 2 is 1.84 bits per heavy atom. The molecule has 0 spiro atoms. The van der Waals surface area contributed by atoms with E-state index in [2.05, 4.69) is 46.8 Å². The maximum Gasteiger partial charge on any atom is 0.126 e. The molecule has 1 fully saturated rings. The average molecular weight is 261 g/mol. The summed E-state index contributed by atoms with van der Waals surface area (Å²) >= 11 is 0. The van der Waals surface area contributed by atoms with Crippen molar-refractivity contribution >= 4 is 0 Å². The van der Waals surface area contributed by atoms with Crippen LogP contribution in [-0.4, -0.2) is 13.2 Å². The van der Waals surface area contributed by atoms with Crippen LogP contribution < -0.4 is 10.5 Å². The number of hydrogen-bond acceptors (Lipinski definition) is 2. The van der Waals surface area contributed by atoms with Crippen LogP contribution in [0.15, 0.2) is 12.1 Å². The Hall–Kier alpha value is -1.02. The summed E-state index contributed by atoms with van der Waals surface area (Å²) in [5.41, 5.74) is 10.4. The molecular formula is C17H27NO. The fourth-order valence-corrected chi connectivity index (χ4v) is 3.02. The predicted molar refractivity (Wildman–Crippen MR) is 81.0 cm³/mol. The molecule has 0 saturated heterocycles. The van der Waals surface area contributed by atoms with Crippen molar-refractivity contribution in [1.82, 2.24) is 0 Å². The van der Waals surface area contributed by atoms with Gasteiger partial charge in [-0.25, -0.2) is 0 Å². The van der Waals surface area contributed by atoms with Gasteiger partial charge in [-0.3, -0.25) is 0 Å². The quantitative estimate of drug-likeness (QED) is 0.901. The van der Waals surface area contributed by atoms with Gasteiger partial charge in [0.05, 0.1) is 7.11 Å². The number of rotatable bonds is 3. The van der Waals surface area contributed by atoms with Crippen molar-refractivity contribution < 1.29 is 4.74 Å². The largest absolute Gasteiger partial charge is 0.496 e. The topological polar surface area (TPSA) is 35.2 Å². The van der Waals surface area contributed by atoms with Crippen LogP contribution >= 0.6 is 0 Å². The second-order valence-electron chi connectivity index (χ2n) is 7.09. The highest BCUT2D eigenvalue weighted by molar-refractivity contribution is 5.53. The fraction of sp³-hybridized carbons (Fsp3) is 0.647. The van der Waals surface area contributed by atoms with Gasteiger partial charge in [0, 0.05) is 22.6 Å². The van der Waals surface area contributed by atoms with Gasteiger partial charge in [-0.2, -0.15) is 0 Å². The highest BCUT2D eigenvalue weighted by Gasteiger charge is 2.49. The third-order valence-corrected chi connectivity index (χ3v) is 4.44. The number of aryl methyl sites for hydroxylation is 1. The molecule has 0 aliphatic heterocycles. The molecule has 2 nitrogen and oxygen atoms in total. The van der Waals surface area contributed by atoms with E-state index in [1.54, 1.807) is 7.11 Å². The molecule has 1 aliphatic carbocycles. The second kappa shape index (κ2) is 4.52. The zero-order valence-corrected chi connectivity index (χ0v) is 13.1. The summed E-state index contributed by atoms with van der Waals surface area (Å²) in [6.07, 6.45) is 2.35. The van der Waals surface area contributed by atoms with Crippen LogP contribution in [0, 0.1) is 6.92 Å². The van der Waals surface area contributed by atoms with Gasteiger partial charge in [-0.15, -0.1) is 0 Å². The lowest BCUT2D eigenvalue weighted by Crippen LogP contribution is -2.32. The zero-order chi connectivity index (χ0) is 14.4. The second-order valence-corrected chi connectivity index (χ2v) is 7.09. The molecule has 1 aliphatic rings. The van der Waals surface area contributed by atoms with Crippen LogP contribution in [-0.2, 0) is 10.8 Å². The van der Waals surface area contributed by atoms with E-state index in [1.807, 2.05) is 0 Å². The molecule has 1 saturated carbocycles. The minimum absolute atomic E-state index is 0.0834. The van der Waals surface area contributed by atoms with E-state index in [1.165, 1.54) is 29.5 Å². The SMILES string of the molecule is COc1c(C(C)(C)C)cc(C)cc1C1(C(C)N)CC1. The molecule has 1 atom stereocenters. The highest BCUT2D eigenvalue weighted by atomic mass is 16.5. The molecule has 1 unspecified atom stereocenters. The zero-order valence-electron chi connectivity index (χ0n) is 13.1. The van der Waals surface area contributed by atoms with Crippen molar-refractivity contribution in [2.24, 2.45) is 5.73 Å². The Morgan fingerprint density at radius 3 is 2.21 bits per heavy atom. The Bertz CT molecular complexity index is 479. The first-order valence-corrected chi connectivity index (χ1v) is 7.17. The van der Waals surface area contributed by atoms with Crippen LogP contribution in [0.5, 0.6) is 5.75 Å². The summed E-state index contributed by atoms with van der Waals surface area (Å²) in [7, 11) is 1.78. The normalized spacial score (nSPS) is 19.1. The van der Waals surface area contributed by atoms with Gasteiger partial charge in [0.2, 0.25) is 0 Å². The molecule has 2 heteroatoms. The van der Waals surface area contributed by atoms with Gasteiger partial charge in [-0.05, 0) is 32.1 Å². The Balaban J connectivity index is 2.65. The van der Waals surface area contributed by atoms with Crippen molar-refractivity contribution in [3.8, 4) is 5.75 Å². The highest BCUT2D eigenvalue weighted by Crippen LogP contribution is 2.55. The van der Waals surface area contributed by atoms with Gasteiger partial charge >= 0.3 is 0 Å². The Morgan fingerprint density at radius 1 is 1.26 bits per heavy atom. The monoisotopic (exact) mass is 261 g/mol. The van der Waals surface area contributed by atoms with Gasteiger partial charge in [0.25, 0.3) is 0 Å². The van der Waals surface area contributed by atoms with Crippen LogP contribution in [0.4, 0.5) is 0 Å². The molecule has 0 radical (unpaired) electrons. The van der Waals surface area contributed by atoms with Crippen LogP contribution in [0.1, 0.15) is 57.2 Å². The maximum absolute atomic E-state index is 6.24. The van der Waals surface area contributed by atoms with Gasteiger partial charge in [-0.1, -0.05) is 38.5 Å². The van der Waals surface area contributed by atoms with E-state index >= 15 is 0 Å². The first-order valence-electron chi connectivity index (χ1n) is 7.17. The Kier molecular flexibility index (Phi) is 3.42. The predicted octanol–water partition coefficient (Wildman–Crippen LogP) is 3.68. The molecule has 0 aromatic heterocycles. The summed E-state index contributed by atoms with van der Waals surface area (Å²) < 4.78 is 5.78. The molecule has 2 N–H and O–H groups in total. The van der Waals surface area contributed by atoms with E-state index in [9.17, 15) is 0 Å². The molecule has 0 bridgehead atoms. The average Bonchev–Trinajstić information content (AvgIpc) is 3.07. The first kappa shape index (κ1) is 14.4. The molecule has 106 valence electrons. The number of benzene rings is 1. The molecule has 2 rings (SSSR count). The lowest BCUT2D eigenvalue weighted by molar-refractivity contribution is 0.382. The number of nitrogens with two attached hydrogens (primary N) is 1. The molecule has 1 aromatic rings. The van der Waals surface area contributed by atoms with Gasteiger partial charge in [0.15, 0.2) is 0 Å². The summed E-state index contributed by atoms with van der Waals surface area (Å²) in [4.78, 5) is 0. The number of ether oxygens (including phenoxy) is 1. The van der Waals surface area contributed by atoms with E-state index in [4.69, 9.17) is 10.5 Å². The number of hydrogen-bond donors (Lipinski definition) is 1. The summed E-state index contributed by atoms with van der Waals surface area (Å²) in [6.45, 7) is 11.0. The standard InChI is InChI=1S/C17H27NO/c1-11-9-13(16(3,4)5)15(19-6)14(10-11)17(7-8-17)12(2)18/h9-10,12H,7-8,18H2,1-6H3. The van der Waals surface area contributed by atoms with Crippen molar-refractivity contribution in [1.29, 1.82) is 0 Å². The third-order valence-electron chi connectivity index (χ3n) is 4.44. The van der Waals surface area contributed by atoms with Gasteiger partial charge < -0.3 is 10.5 Å². The first-order chi connectivity index (χ1) is 8.72. The smallest absolute Gasteiger partial charge is 0.126 e. The molecule has 0 heterocycles. The van der Waals surface area contributed by atoms with Gasteiger partial charge in [0.1, 0.15) is 5.75 Å². The Labute approximate surface area is 117 Å². The fourth-order valence-electron chi connectivity index (χ4n) is 3.02. The molecular weight excluding hydrogens is 234 g/mol. The molecule has 1 aromatic carbocycles. The lowest BCUT2D eigenvalue weighted by atomic mass is 9.79. The summed E-state index contributed by atoms with van der Waals surface area (Å²) in [6, 6.07) is 4.69. The third kappa shape index (κ3) is 2.38. The molecule has 0 amide bonds. The van der Waals surface area contributed by atoms with E-state index in [0.29, 0.717) is 0 Å². The van der Waals surface area contributed by atoms with Crippen molar-refractivity contribution in [2.45, 2.75) is 64.3 Å². The van der Waals surface area contributed by atoms with Crippen molar-refractivity contribution in [3.63, 3.8) is 0 Å². The van der Waals surface area contributed by atoms with Crippen LogP contribution in [0.25, 0.3) is 0 Å². The number of methoxy groups -OCH3 is 1. The summed E-state index contributed by atoms with van der Waals surface area (Å²) in [5.74, 6) is 1.05. The minimum Gasteiger partial charge on any atom is -0.496 e.